The van der Waals surface area contributed by atoms with E-state index >= 15 is 0 Å². The highest BCUT2D eigenvalue weighted by molar-refractivity contribution is 7.13. The standard InChI is InChI=1S/C23H25N5OS/c1-24-23(26-14-17-13-21(29)28-20-10-6-5-9-19(17)20)25-12-11-18-15-30-22(27-18)16-7-3-2-4-8-16/h2-10,15,17H,11-14H2,1H3,(H,28,29)(H2,24,25,26). The maximum absolute atomic E-state index is 12.0. The number of para-hydroxylation sites is 1. The molecule has 1 unspecified atom stereocenters. The quantitative estimate of drug-likeness (QED) is 0.421. The van der Waals surface area contributed by atoms with Crippen molar-refractivity contribution >= 4 is 28.9 Å². The Hall–Kier alpha value is -3.19. The highest BCUT2D eigenvalue weighted by Crippen LogP contribution is 2.31. The van der Waals surface area contributed by atoms with Crippen molar-refractivity contribution in [1.82, 2.24) is 15.6 Å². The molecule has 0 spiro atoms. The summed E-state index contributed by atoms with van der Waals surface area (Å²) in [6.07, 6.45) is 1.29. The summed E-state index contributed by atoms with van der Waals surface area (Å²) in [6, 6.07) is 18.2. The zero-order valence-corrected chi connectivity index (χ0v) is 17.7. The summed E-state index contributed by atoms with van der Waals surface area (Å²) in [6.45, 7) is 1.39. The van der Waals surface area contributed by atoms with Gasteiger partial charge in [-0.05, 0) is 11.6 Å². The Morgan fingerprint density at radius 2 is 1.97 bits per heavy atom. The summed E-state index contributed by atoms with van der Waals surface area (Å²) in [4.78, 5) is 21.0. The summed E-state index contributed by atoms with van der Waals surface area (Å²) >= 11 is 1.67. The fourth-order valence-corrected chi connectivity index (χ4v) is 4.43. The van der Waals surface area contributed by atoms with E-state index in [0.717, 1.165) is 46.4 Å². The number of nitrogens with zero attached hydrogens (tertiary/aromatic N) is 2. The van der Waals surface area contributed by atoms with Crippen LogP contribution in [0.3, 0.4) is 0 Å². The van der Waals surface area contributed by atoms with E-state index in [-0.39, 0.29) is 11.8 Å². The highest BCUT2D eigenvalue weighted by atomic mass is 32.1. The molecule has 0 aliphatic carbocycles. The van der Waals surface area contributed by atoms with E-state index in [1.165, 1.54) is 0 Å². The molecule has 0 fully saturated rings. The van der Waals surface area contributed by atoms with E-state index in [9.17, 15) is 4.79 Å². The van der Waals surface area contributed by atoms with Crippen LogP contribution in [-0.4, -0.2) is 37.0 Å². The third-order valence-corrected chi connectivity index (χ3v) is 6.03. The largest absolute Gasteiger partial charge is 0.356 e. The summed E-state index contributed by atoms with van der Waals surface area (Å²) in [7, 11) is 1.76. The average molecular weight is 420 g/mol. The van der Waals surface area contributed by atoms with Crippen LogP contribution in [0.1, 0.15) is 23.6 Å². The Morgan fingerprint density at radius 3 is 2.80 bits per heavy atom. The fourth-order valence-electron chi connectivity index (χ4n) is 3.57. The van der Waals surface area contributed by atoms with E-state index in [1.54, 1.807) is 18.4 Å². The number of hydrogen-bond acceptors (Lipinski definition) is 4. The molecular formula is C23H25N5OS. The zero-order chi connectivity index (χ0) is 20.8. The van der Waals surface area contributed by atoms with Gasteiger partial charge in [-0.15, -0.1) is 11.3 Å². The van der Waals surface area contributed by atoms with E-state index in [2.05, 4.69) is 44.5 Å². The number of nitrogens with one attached hydrogen (secondary N) is 3. The molecule has 1 aliphatic heterocycles. The molecule has 3 aromatic rings. The fraction of sp³-hybridized carbons (Fsp3) is 0.261. The lowest BCUT2D eigenvalue weighted by Gasteiger charge is -2.26. The highest BCUT2D eigenvalue weighted by Gasteiger charge is 2.24. The molecule has 0 saturated heterocycles. The van der Waals surface area contributed by atoms with Crippen LogP contribution in [0.2, 0.25) is 0 Å². The van der Waals surface area contributed by atoms with Crippen LogP contribution in [0.25, 0.3) is 10.6 Å². The first-order valence-corrected chi connectivity index (χ1v) is 10.9. The topological polar surface area (TPSA) is 78.4 Å². The first-order chi connectivity index (χ1) is 14.7. The Kier molecular flexibility index (Phi) is 6.39. The molecule has 2 aromatic carbocycles. The molecule has 0 bridgehead atoms. The predicted octanol–water partition coefficient (Wildman–Crippen LogP) is 3.64. The second-order valence-electron chi connectivity index (χ2n) is 7.18. The van der Waals surface area contributed by atoms with Crippen LogP contribution in [0.15, 0.2) is 65.0 Å². The molecule has 1 aromatic heterocycles. The lowest BCUT2D eigenvalue weighted by molar-refractivity contribution is -0.116. The summed E-state index contributed by atoms with van der Waals surface area (Å²) in [5.74, 6) is 0.915. The van der Waals surface area contributed by atoms with Crippen LogP contribution in [-0.2, 0) is 11.2 Å². The summed E-state index contributed by atoms with van der Waals surface area (Å²) in [5, 5.41) is 12.8. The molecule has 30 heavy (non-hydrogen) atoms. The van der Waals surface area contributed by atoms with Gasteiger partial charge < -0.3 is 16.0 Å². The van der Waals surface area contributed by atoms with Gasteiger partial charge in [0.2, 0.25) is 5.91 Å². The van der Waals surface area contributed by atoms with Gasteiger partial charge in [0.15, 0.2) is 5.96 Å². The van der Waals surface area contributed by atoms with Gasteiger partial charge in [0.05, 0.1) is 5.69 Å². The smallest absolute Gasteiger partial charge is 0.225 e. The number of amides is 1. The number of aliphatic imine (C=N–C) groups is 1. The molecule has 1 amide bonds. The Bertz CT molecular complexity index is 1030. The first-order valence-electron chi connectivity index (χ1n) is 10.1. The number of carbonyl (C=O) groups excluding carboxylic acids is 1. The molecule has 3 N–H and O–H groups in total. The number of thiazole rings is 1. The minimum Gasteiger partial charge on any atom is -0.356 e. The number of aromatic nitrogens is 1. The minimum atomic E-state index is 0.0567. The van der Waals surface area contributed by atoms with Crippen molar-refractivity contribution in [3.63, 3.8) is 0 Å². The number of hydrogen-bond donors (Lipinski definition) is 3. The molecule has 0 radical (unpaired) electrons. The lowest BCUT2D eigenvalue weighted by atomic mass is 9.90. The van der Waals surface area contributed by atoms with Crippen LogP contribution in [0.5, 0.6) is 0 Å². The van der Waals surface area contributed by atoms with Gasteiger partial charge in [0, 0.05) is 55.5 Å². The molecule has 4 rings (SSSR count). The van der Waals surface area contributed by atoms with E-state index in [1.807, 2.05) is 36.4 Å². The van der Waals surface area contributed by atoms with Crippen LogP contribution in [0.4, 0.5) is 5.69 Å². The molecule has 2 heterocycles. The number of fused-ring (bicyclic) bond motifs is 1. The lowest BCUT2D eigenvalue weighted by Crippen LogP contribution is -2.41. The number of rotatable bonds is 6. The van der Waals surface area contributed by atoms with Crippen LogP contribution >= 0.6 is 11.3 Å². The number of anilines is 1. The monoisotopic (exact) mass is 419 g/mol. The molecular weight excluding hydrogens is 394 g/mol. The predicted molar refractivity (Wildman–Crippen MR) is 123 cm³/mol. The molecule has 0 saturated carbocycles. The maximum Gasteiger partial charge on any atom is 0.225 e. The van der Waals surface area contributed by atoms with Gasteiger partial charge in [-0.2, -0.15) is 0 Å². The molecule has 1 atom stereocenters. The van der Waals surface area contributed by atoms with E-state index < -0.39 is 0 Å². The van der Waals surface area contributed by atoms with Crippen molar-refractivity contribution < 1.29 is 4.79 Å². The Labute approximate surface area is 180 Å². The van der Waals surface area contributed by atoms with Gasteiger partial charge in [-0.1, -0.05) is 48.5 Å². The van der Waals surface area contributed by atoms with Crippen LogP contribution < -0.4 is 16.0 Å². The Morgan fingerprint density at radius 1 is 1.17 bits per heavy atom. The number of carbonyl (C=O) groups is 1. The van der Waals surface area contributed by atoms with Crippen molar-refractivity contribution in [1.29, 1.82) is 0 Å². The third-order valence-electron chi connectivity index (χ3n) is 5.09. The molecule has 154 valence electrons. The number of benzene rings is 2. The SMILES string of the molecule is CN=C(NCCc1csc(-c2ccccc2)n1)NCC1CC(=O)Nc2ccccc21. The van der Waals surface area contributed by atoms with Crippen molar-refractivity contribution in [2.24, 2.45) is 4.99 Å². The van der Waals surface area contributed by atoms with Crippen molar-refractivity contribution in [2.75, 3.05) is 25.5 Å². The second kappa shape index (κ2) is 9.54. The van der Waals surface area contributed by atoms with Gasteiger partial charge in [0.1, 0.15) is 5.01 Å². The average Bonchev–Trinajstić information content (AvgIpc) is 3.25. The van der Waals surface area contributed by atoms with E-state index in [4.69, 9.17) is 4.98 Å². The van der Waals surface area contributed by atoms with Crippen molar-refractivity contribution in [2.45, 2.75) is 18.8 Å². The molecule has 7 heteroatoms. The Balaban J connectivity index is 1.28. The van der Waals surface area contributed by atoms with Gasteiger partial charge in [0.25, 0.3) is 0 Å². The third kappa shape index (κ3) is 4.86. The number of guanidine groups is 1. The molecule has 1 aliphatic rings. The van der Waals surface area contributed by atoms with Crippen LogP contribution in [0, 0.1) is 0 Å². The second-order valence-corrected chi connectivity index (χ2v) is 8.03. The van der Waals surface area contributed by atoms with Crippen molar-refractivity contribution in [3.05, 3.63) is 71.2 Å². The van der Waals surface area contributed by atoms with Crippen molar-refractivity contribution in [3.8, 4) is 10.6 Å². The van der Waals surface area contributed by atoms with E-state index in [0.29, 0.717) is 13.0 Å². The normalized spacial score (nSPS) is 16.0. The maximum atomic E-state index is 12.0. The molecule has 6 nitrogen and oxygen atoms in total. The van der Waals surface area contributed by atoms with Gasteiger partial charge in [-0.25, -0.2) is 4.98 Å². The summed E-state index contributed by atoms with van der Waals surface area (Å²) < 4.78 is 0. The van der Waals surface area contributed by atoms with Gasteiger partial charge >= 0.3 is 0 Å². The van der Waals surface area contributed by atoms with Gasteiger partial charge in [-0.3, -0.25) is 9.79 Å². The zero-order valence-electron chi connectivity index (χ0n) is 16.9. The minimum absolute atomic E-state index is 0.0567. The first kappa shape index (κ1) is 20.1. The summed E-state index contributed by atoms with van der Waals surface area (Å²) in [5.41, 5.74) is 4.29.